The van der Waals surface area contributed by atoms with Crippen LogP contribution in [0.25, 0.3) is 0 Å². The predicted molar refractivity (Wildman–Crippen MR) is 127 cm³/mol. The third-order valence-corrected chi connectivity index (χ3v) is 8.23. The number of sulfonamides is 1. The lowest BCUT2D eigenvalue weighted by Gasteiger charge is -2.42. The van der Waals surface area contributed by atoms with Crippen molar-refractivity contribution in [1.82, 2.24) is 14.7 Å². The Balaban J connectivity index is 1.44. The van der Waals surface area contributed by atoms with Gasteiger partial charge in [0.25, 0.3) is 5.91 Å². The zero-order chi connectivity index (χ0) is 24.5. The highest BCUT2D eigenvalue weighted by atomic mass is 32.2. The molecule has 0 bridgehead atoms. The molecule has 188 valence electrons. The molecule has 4 rings (SSSR count). The first-order chi connectivity index (χ1) is 16.2. The van der Waals surface area contributed by atoms with Crippen LogP contribution in [0.1, 0.15) is 36.5 Å². The van der Waals surface area contributed by atoms with Crippen LogP contribution in [0.2, 0.25) is 0 Å². The molecule has 2 amide bonds. The lowest BCUT2D eigenvalue weighted by atomic mass is 9.94. The first kappa shape index (κ1) is 24.7. The lowest BCUT2D eigenvalue weighted by molar-refractivity contribution is -0.144. The van der Waals surface area contributed by atoms with E-state index in [-0.39, 0.29) is 42.4 Å². The molecule has 0 saturated carbocycles. The van der Waals surface area contributed by atoms with Gasteiger partial charge in [0.2, 0.25) is 15.9 Å². The van der Waals surface area contributed by atoms with Crippen LogP contribution in [0, 0.1) is 0 Å². The van der Waals surface area contributed by atoms with Crippen LogP contribution < -0.4 is 9.46 Å². The second-order valence-corrected chi connectivity index (χ2v) is 11.3. The zero-order valence-electron chi connectivity index (χ0n) is 20.0. The van der Waals surface area contributed by atoms with Crippen molar-refractivity contribution >= 4 is 27.5 Å². The molecule has 3 heterocycles. The summed E-state index contributed by atoms with van der Waals surface area (Å²) in [6.45, 7) is 5.03. The van der Waals surface area contributed by atoms with E-state index in [1.807, 2.05) is 4.90 Å². The minimum absolute atomic E-state index is 0.0615. The van der Waals surface area contributed by atoms with Gasteiger partial charge in [0.15, 0.2) is 0 Å². The van der Waals surface area contributed by atoms with Crippen molar-refractivity contribution < 1.29 is 27.5 Å². The molecule has 3 atom stereocenters. The number of nitrogens with zero attached hydrogens (tertiary/aromatic N) is 3. The van der Waals surface area contributed by atoms with Crippen LogP contribution in [0.5, 0.6) is 5.75 Å². The molecule has 2 saturated heterocycles. The maximum atomic E-state index is 13.3. The number of carbonyl (C=O) groups excluding carboxylic acids is 2. The highest BCUT2D eigenvalue weighted by molar-refractivity contribution is 7.92. The number of amides is 2. The van der Waals surface area contributed by atoms with Crippen molar-refractivity contribution in [3.8, 4) is 5.75 Å². The second kappa shape index (κ2) is 10.1. The van der Waals surface area contributed by atoms with Crippen molar-refractivity contribution in [1.29, 1.82) is 0 Å². The first-order valence-corrected chi connectivity index (χ1v) is 13.5. The fourth-order valence-electron chi connectivity index (χ4n) is 4.72. The van der Waals surface area contributed by atoms with E-state index in [1.165, 1.54) is 6.07 Å². The van der Waals surface area contributed by atoms with Crippen LogP contribution in [0.4, 0.5) is 5.69 Å². The number of benzene rings is 1. The molecule has 0 unspecified atom stereocenters. The van der Waals surface area contributed by atoms with Crippen molar-refractivity contribution in [2.45, 2.75) is 44.4 Å². The Bertz CT molecular complexity index is 1020. The number of ether oxygens (including phenoxy) is 2. The van der Waals surface area contributed by atoms with Crippen LogP contribution in [0.3, 0.4) is 0 Å². The number of carbonyl (C=O) groups is 2. The molecule has 1 aromatic carbocycles. The summed E-state index contributed by atoms with van der Waals surface area (Å²) in [6.07, 6.45) is 1.17. The van der Waals surface area contributed by atoms with Crippen LogP contribution in [-0.4, -0.2) is 106 Å². The molecule has 0 aliphatic carbocycles. The summed E-state index contributed by atoms with van der Waals surface area (Å²) in [4.78, 5) is 31.8. The number of piperazine rings is 1. The number of hydrogen-bond donors (Lipinski definition) is 1. The maximum absolute atomic E-state index is 13.3. The Labute approximate surface area is 201 Å². The van der Waals surface area contributed by atoms with Crippen molar-refractivity contribution in [3.63, 3.8) is 0 Å². The van der Waals surface area contributed by atoms with E-state index < -0.39 is 10.0 Å². The average Bonchev–Trinajstić information content (AvgIpc) is 2.82. The molecule has 1 N–H and O–H groups in total. The number of nitrogens with one attached hydrogen (secondary N) is 1. The van der Waals surface area contributed by atoms with E-state index in [0.717, 1.165) is 26.2 Å². The molecular weight excluding hydrogens is 460 g/mol. The fourth-order valence-corrected chi connectivity index (χ4v) is 5.35. The summed E-state index contributed by atoms with van der Waals surface area (Å²) in [5, 5.41) is 0. The first-order valence-electron chi connectivity index (χ1n) is 11.8. The normalized spacial score (nSPS) is 26.1. The van der Waals surface area contributed by atoms with Crippen molar-refractivity contribution in [2.24, 2.45) is 0 Å². The number of fused-ring (bicyclic) bond motifs is 2. The van der Waals surface area contributed by atoms with Crippen LogP contribution in [-0.2, 0) is 19.6 Å². The Kier molecular flexibility index (Phi) is 7.34. The van der Waals surface area contributed by atoms with Crippen LogP contribution in [0.15, 0.2) is 18.2 Å². The fraction of sp³-hybridized carbons (Fsp3) is 0.652. The summed E-state index contributed by atoms with van der Waals surface area (Å²) in [7, 11) is 0.328. The summed E-state index contributed by atoms with van der Waals surface area (Å²) in [5.74, 6) is 0.181. The summed E-state index contributed by atoms with van der Waals surface area (Å²) in [5.41, 5.74) is 0.634. The highest BCUT2D eigenvalue weighted by Gasteiger charge is 2.39. The van der Waals surface area contributed by atoms with E-state index in [0.29, 0.717) is 36.3 Å². The molecule has 10 nitrogen and oxygen atoms in total. The summed E-state index contributed by atoms with van der Waals surface area (Å²) < 4.78 is 38.6. The Morgan fingerprint density at radius 1 is 1.15 bits per heavy atom. The SMILES string of the molecule is CCS(=O)(=O)Nc1ccc2c(c1)C(=O)N(C)[C@H]1CC[C@@H](CC(=O)N3CCN(C)CC3)O[C@@H]1CO2. The third-order valence-electron chi connectivity index (χ3n) is 6.92. The predicted octanol–water partition coefficient (Wildman–Crippen LogP) is 0.993. The lowest BCUT2D eigenvalue weighted by Crippen LogP contribution is -2.54. The Morgan fingerprint density at radius 3 is 2.59 bits per heavy atom. The summed E-state index contributed by atoms with van der Waals surface area (Å²) >= 11 is 0. The van der Waals surface area contributed by atoms with Crippen LogP contribution >= 0.6 is 0 Å². The molecule has 0 aromatic heterocycles. The van der Waals surface area contributed by atoms with Gasteiger partial charge in [-0.3, -0.25) is 14.3 Å². The van der Waals surface area contributed by atoms with E-state index in [9.17, 15) is 18.0 Å². The number of likely N-dealkylation sites (N-methyl/N-ethyl adjacent to an activating group) is 2. The minimum atomic E-state index is -3.46. The second-order valence-electron chi connectivity index (χ2n) is 9.27. The zero-order valence-corrected chi connectivity index (χ0v) is 20.8. The molecule has 3 aliphatic rings. The average molecular weight is 495 g/mol. The molecule has 11 heteroatoms. The van der Waals surface area contributed by atoms with Gasteiger partial charge in [-0.1, -0.05) is 0 Å². The largest absolute Gasteiger partial charge is 0.490 e. The Morgan fingerprint density at radius 2 is 1.88 bits per heavy atom. The molecule has 1 aromatic rings. The van der Waals surface area contributed by atoms with Gasteiger partial charge in [-0.15, -0.1) is 0 Å². The van der Waals surface area contributed by atoms with E-state index >= 15 is 0 Å². The standard InChI is InChI=1S/C23H34N4O6S/c1-4-34(30,31)24-16-5-8-20-18(13-16)23(29)26(3)19-7-6-17(33-21(19)15-32-20)14-22(28)27-11-9-25(2)10-12-27/h5,8,13,17,19,21,24H,4,6-7,9-12,14-15H2,1-3H3/t17-,19-,21+/m0/s1. The van der Waals surface area contributed by atoms with Gasteiger partial charge in [-0.2, -0.15) is 0 Å². The summed E-state index contributed by atoms with van der Waals surface area (Å²) in [6, 6.07) is 4.51. The topological polar surface area (TPSA) is 108 Å². The van der Waals surface area contributed by atoms with Gasteiger partial charge in [0, 0.05) is 38.9 Å². The number of rotatable bonds is 5. The van der Waals surface area contributed by atoms with Gasteiger partial charge in [0.05, 0.1) is 29.9 Å². The van der Waals surface area contributed by atoms with Gasteiger partial charge >= 0.3 is 0 Å². The van der Waals surface area contributed by atoms with Crippen molar-refractivity contribution in [2.75, 3.05) is 57.4 Å². The number of anilines is 1. The monoisotopic (exact) mass is 494 g/mol. The van der Waals surface area contributed by atoms with E-state index in [2.05, 4.69) is 16.7 Å². The maximum Gasteiger partial charge on any atom is 0.257 e. The quantitative estimate of drug-likeness (QED) is 0.650. The molecule has 3 aliphatic heterocycles. The number of hydrogen-bond acceptors (Lipinski definition) is 7. The van der Waals surface area contributed by atoms with Gasteiger partial charge in [-0.05, 0) is 45.0 Å². The van der Waals surface area contributed by atoms with E-state index in [1.54, 1.807) is 31.0 Å². The molecule has 34 heavy (non-hydrogen) atoms. The molecule has 0 radical (unpaired) electrons. The smallest absolute Gasteiger partial charge is 0.257 e. The van der Waals surface area contributed by atoms with Gasteiger partial charge < -0.3 is 24.2 Å². The van der Waals surface area contributed by atoms with Gasteiger partial charge in [-0.25, -0.2) is 8.42 Å². The highest BCUT2D eigenvalue weighted by Crippen LogP contribution is 2.33. The van der Waals surface area contributed by atoms with Crippen molar-refractivity contribution in [3.05, 3.63) is 23.8 Å². The van der Waals surface area contributed by atoms with E-state index in [4.69, 9.17) is 9.47 Å². The molecule has 2 fully saturated rings. The molecule has 0 spiro atoms. The Hall–Kier alpha value is -2.37. The van der Waals surface area contributed by atoms with Gasteiger partial charge in [0.1, 0.15) is 18.5 Å². The third kappa shape index (κ3) is 5.47. The molecular formula is C23H34N4O6S. The minimum Gasteiger partial charge on any atom is -0.490 e.